The highest BCUT2D eigenvalue weighted by Gasteiger charge is 2.16. The molecule has 0 atom stereocenters. The average Bonchev–Trinajstić information content (AvgIpc) is 2.35. The number of aromatic carboxylic acids is 1. The van der Waals surface area contributed by atoms with E-state index in [4.69, 9.17) is 5.11 Å². The first-order valence-corrected chi connectivity index (χ1v) is 5.88. The first kappa shape index (κ1) is 14.0. The topological polar surface area (TPSA) is 57.5 Å². The number of carboxylic acids is 1. The molecule has 0 saturated carbocycles. The molecule has 0 aliphatic carbocycles. The molecule has 104 valence electrons. The average molecular weight is 278 g/mol. The Morgan fingerprint density at radius 2 is 1.85 bits per heavy atom. The van der Waals surface area contributed by atoms with Crippen molar-refractivity contribution in [2.75, 3.05) is 0 Å². The Labute approximate surface area is 114 Å². The van der Waals surface area contributed by atoms with Gasteiger partial charge in [0, 0.05) is 12.0 Å². The summed E-state index contributed by atoms with van der Waals surface area (Å²) in [6.07, 6.45) is -0.149. The van der Waals surface area contributed by atoms with Crippen LogP contribution in [0.3, 0.4) is 0 Å². The molecule has 0 saturated heterocycles. The molecular formula is C15H12F2O3. The van der Waals surface area contributed by atoms with Crippen molar-refractivity contribution >= 4 is 5.97 Å². The molecule has 5 heteroatoms. The number of rotatable bonds is 3. The molecule has 20 heavy (non-hydrogen) atoms. The molecule has 2 rings (SSSR count). The van der Waals surface area contributed by atoms with Gasteiger partial charge in [0.25, 0.3) is 0 Å². The molecular weight excluding hydrogens is 266 g/mol. The maximum absolute atomic E-state index is 13.8. The number of aryl methyl sites for hydroxylation is 1. The van der Waals surface area contributed by atoms with Crippen molar-refractivity contribution < 1.29 is 23.8 Å². The quantitative estimate of drug-likeness (QED) is 0.906. The Bertz CT molecular complexity index is 658. The number of halogens is 2. The minimum Gasteiger partial charge on any atom is -0.508 e. The van der Waals surface area contributed by atoms with Crippen LogP contribution in [0.15, 0.2) is 30.3 Å². The third-order valence-electron chi connectivity index (χ3n) is 2.99. The molecule has 0 spiro atoms. The molecule has 0 fully saturated rings. The van der Waals surface area contributed by atoms with E-state index in [-0.39, 0.29) is 23.1 Å². The van der Waals surface area contributed by atoms with Crippen LogP contribution >= 0.6 is 0 Å². The van der Waals surface area contributed by atoms with Crippen molar-refractivity contribution in [1.29, 1.82) is 0 Å². The van der Waals surface area contributed by atoms with Gasteiger partial charge in [-0.2, -0.15) is 0 Å². The van der Waals surface area contributed by atoms with Gasteiger partial charge in [0.05, 0.1) is 5.56 Å². The fourth-order valence-corrected chi connectivity index (χ4v) is 1.91. The lowest BCUT2D eigenvalue weighted by molar-refractivity contribution is 0.0695. The molecule has 2 aromatic carbocycles. The molecule has 0 unspecified atom stereocenters. The van der Waals surface area contributed by atoms with Crippen molar-refractivity contribution in [3.05, 3.63) is 64.2 Å². The Balaban J connectivity index is 2.41. The summed E-state index contributed by atoms with van der Waals surface area (Å²) in [5.41, 5.74) is 0.482. The van der Waals surface area contributed by atoms with E-state index < -0.39 is 23.4 Å². The number of phenols is 1. The molecule has 0 radical (unpaired) electrons. The van der Waals surface area contributed by atoms with Crippen LogP contribution in [0.25, 0.3) is 0 Å². The molecule has 0 aliphatic rings. The van der Waals surface area contributed by atoms with E-state index in [1.807, 2.05) is 0 Å². The zero-order valence-corrected chi connectivity index (χ0v) is 10.7. The van der Waals surface area contributed by atoms with Gasteiger partial charge < -0.3 is 10.2 Å². The summed E-state index contributed by atoms with van der Waals surface area (Å²) in [5.74, 6) is -3.21. The van der Waals surface area contributed by atoms with Gasteiger partial charge in [-0.1, -0.05) is 12.1 Å². The Hall–Kier alpha value is -2.43. The first-order chi connectivity index (χ1) is 9.38. The summed E-state index contributed by atoms with van der Waals surface area (Å²) >= 11 is 0. The molecule has 2 N–H and O–H groups in total. The number of benzene rings is 2. The van der Waals surface area contributed by atoms with E-state index in [0.717, 1.165) is 17.7 Å². The van der Waals surface area contributed by atoms with Gasteiger partial charge in [-0.3, -0.25) is 0 Å². The summed E-state index contributed by atoms with van der Waals surface area (Å²) in [7, 11) is 0. The van der Waals surface area contributed by atoms with Crippen LogP contribution in [0.5, 0.6) is 5.75 Å². The van der Waals surface area contributed by atoms with Gasteiger partial charge in [-0.05, 0) is 36.2 Å². The van der Waals surface area contributed by atoms with Gasteiger partial charge in [-0.25, -0.2) is 13.6 Å². The molecule has 3 nitrogen and oxygen atoms in total. The minimum atomic E-state index is -1.34. The van der Waals surface area contributed by atoms with Crippen LogP contribution in [0.2, 0.25) is 0 Å². The summed E-state index contributed by atoms with van der Waals surface area (Å²) in [6.45, 7) is 1.73. The number of aromatic hydroxyl groups is 1. The van der Waals surface area contributed by atoms with Crippen molar-refractivity contribution in [1.82, 2.24) is 0 Å². The smallest absolute Gasteiger partial charge is 0.335 e. The molecule has 0 aromatic heterocycles. The van der Waals surface area contributed by atoms with E-state index >= 15 is 0 Å². The monoisotopic (exact) mass is 278 g/mol. The zero-order valence-electron chi connectivity index (χ0n) is 10.7. The Kier molecular flexibility index (Phi) is 3.70. The van der Waals surface area contributed by atoms with Crippen LogP contribution in [-0.2, 0) is 6.42 Å². The highest BCUT2D eigenvalue weighted by Crippen LogP contribution is 2.26. The lowest BCUT2D eigenvalue weighted by atomic mass is 10.0. The largest absolute Gasteiger partial charge is 0.508 e. The van der Waals surface area contributed by atoms with E-state index in [2.05, 4.69) is 0 Å². The number of phenolic OH excluding ortho intramolecular Hbond substituents is 1. The van der Waals surface area contributed by atoms with E-state index in [1.54, 1.807) is 13.0 Å². The lowest BCUT2D eigenvalue weighted by Gasteiger charge is -2.09. The second-order valence-electron chi connectivity index (χ2n) is 4.53. The second kappa shape index (κ2) is 5.28. The van der Waals surface area contributed by atoms with Crippen LogP contribution in [-0.4, -0.2) is 16.2 Å². The Morgan fingerprint density at radius 3 is 2.40 bits per heavy atom. The van der Waals surface area contributed by atoms with Crippen molar-refractivity contribution in [2.24, 2.45) is 0 Å². The third kappa shape index (κ3) is 2.77. The van der Waals surface area contributed by atoms with E-state index in [1.165, 1.54) is 12.1 Å². The standard InChI is InChI=1S/C15H12F2O3/c1-8-2-3-9(12(16)4-8)5-11-13(17)6-10(15(19)20)7-14(11)18/h2-4,6-7,18H,5H2,1H3,(H,19,20). The van der Waals surface area contributed by atoms with Gasteiger partial charge in [0.15, 0.2) is 0 Å². The van der Waals surface area contributed by atoms with E-state index in [9.17, 15) is 18.7 Å². The van der Waals surface area contributed by atoms with Crippen LogP contribution in [0.4, 0.5) is 8.78 Å². The number of hydrogen-bond acceptors (Lipinski definition) is 2. The summed E-state index contributed by atoms with van der Waals surface area (Å²) in [6, 6.07) is 6.26. The summed E-state index contributed by atoms with van der Waals surface area (Å²) in [4.78, 5) is 10.7. The van der Waals surface area contributed by atoms with Gasteiger partial charge in [0.1, 0.15) is 17.4 Å². The minimum absolute atomic E-state index is 0.127. The second-order valence-corrected chi connectivity index (χ2v) is 4.53. The van der Waals surface area contributed by atoms with Gasteiger partial charge in [0.2, 0.25) is 0 Å². The normalized spacial score (nSPS) is 10.6. The maximum Gasteiger partial charge on any atom is 0.335 e. The molecule has 0 amide bonds. The zero-order chi connectivity index (χ0) is 14.9. The Morgan fingerprint density at radius 1 is 1.15 bits per heavy atom. The molecule has 0 bridgehead atoms. The fourth-order valence-electron chi connectivity index (χ4n) is 1.91. The maximum atomic E-state index is 13.8. The van der Waals surface area contributed by atoms with Gasteiger partial charge >= 0.3 is 5.97 Å². The van der Waals surface area contributed by atoms with Crippen LogP contribution in [0.1, 0.15) is 27.0 Å². The predicted molar refractivity (Wildman–Crippen MR) is 69.0 cm³/mol. The van der Waals surface area contributed by atoms with Crippen LogP contribution in [0, 0.1) is 18.6 Å². The van der Waals surface area contributed by atoms with Crippen molar-refractivity contribution in [3.63, 3.8) is 0 Å². The van der Waals surface area contributed by atoms with E-state index in [0.29, 0.717) is 0 Å². The fraction of sp³-hybridized carbons (Fsp3) is 0.133. The predicted octanol–water partition coefficient (Wildman–Crippen LogP) is 3.27. The first-order valence-electron chi connectivity index (χ1n) is 5.88. The van der Waals surface area contributed by atoms with Crippen LogP contribution < -0.4 is 0 Å². The summed E-state index contributed by atoms with van der Waals surface area (Å²) in [5, 5.41) is 18.5. The third-order valence-corrected chi connectivity index (χ3v) is 2.99. The SMILES string of the molecule is Cc1ccc(Cc2c(O)cc(C(=O)O)cc2F)c(F)c1. The highest BCUT2D eigenvalue weighted by molar-refractivity contribution is 5.88. The molecule has 2 aromatic rings. The number of hydrogen-bond donors (Lipinski definition) is 2. The number of carbonyl (C=O) groups is 1. The number of carboxylic acid groups (broad SMARTS) is 1. The van der Waals surface area contributed by atoms with Crippen molar-refractivity contribution in [3.8, 4) is 5.75 Å². The molecule has 0 heterocycles. The van der Waals surface area contributed by atoms with Gasteiger partial charge in [-0.15, -0.1) is 0 Å². The highest BCUT2D eigenvalue weighted by atomic mass is 19.1. The van der Waals surface area contributed by atoms with Crippen molar-refractivity contribution in [2.45, 2.75) is 13.3 Å². The summed E-state index contributed by atoms with van der Waals surface area (Å²) < 4.78 is 27.5. The molecule has 0 aliphatic heterocycles. The lowest BCUT2D eigenvalue weighted by Crippen LogP contribution is -2.02.